The smallest absolute Gasteiger partial charge is 0.318 e. The highest BCUT2D eigenvalue weighted by Crippen LogP contribution is 1.93. The summed E-state index contributed by atoms with van der Waals surface area (Å²) < 4.78 is 4.97. The summed E-state index contributed by atoms with van der Waals surface area (Å²) in [6, 6.07) is -0.240. The van der Waals surface area contributed by atoms with Crippen molar-refractivity contribution in [2.24, 2.45) is 0 Å². The number of allylic oxidation sites excluding steroid dienone is 1. The van der Waals surface area contributed by atoms with Gasteiger partial charge in [0.15, 0.2) is 0 Å². The van der Waals surface area contributed by atoms with Gasteiger partial charge in [0.25, 0.3) is 0 Å². The third kappa shape index (κ3) is 9.24. The first-order valence-corrected chi connectivity index (χ1v) is 5.09. The zero-order chi connectivity index (χ0) is 11.5. The Morgan fingerprint density at radius 2 is 2.20 bits per heavy atom. The number of carbonyl (C=O) groups excluding carboxylic acids is 1. The molecule has 0 atom stereocenters. The van der Waals surface area contributed by atoms with Gasteiger partial charge in [-0.05, 0) is 13.3 Å². The highest BCUT2D eigenvalue weighted by atomic mass is 16.5. The first kappa shape index (κ1) is 13.9. The summed E-state index contributed by atoms with van der Waals surface area (Å²) in [5.41, 5.74) is 1.11. The zero-order valence-corrected chi connectivity index (χ0v) is 9.38. The van der Waals surface area contributed by atoms with Crippen molar-refractivity contribution < 1.29 is 14.6 Å². The largest absolute Gasteiger partial charge is 0.394 e. The second kappa shape index (κ2) is 9.48. The van der Waals surface area contributed by atoms with Gasteiger partial charge in [0.1, 0.15) is 0 Å². The van der Waals surface area contributed by atoms with Crippen LogP contribution in [0.2, 0.25) is 0 Å². The Bertz CT molecular complexity index is 205. The molecule has 0 aliphatic heterocycles. The van der Waals surface area contributed by atoms with Crippen LogP contribution in [-0.2, 0) is 4.74 Å². The SMILES string of the molecule is CC/C(C)=C/NC(=O)NCCOCCO. The number of hydrogen-bond acceptors (Lipinski definition) is 3. The number of carbonyl (C=O) groups is 1. The van der Waals surface area contributed by atoms with E-state index in [0.717, 1.165) is 12.0 Å². The number of aliphatic hydroxyl groups is 1. The van der Waals surface area contributed by atoms with Gasteiger partial charge in [-0.3, -0.25) is 0 Å². The molecule has 0 aliphatic rings. The first-order valence-electron chi connectivity index (χ1n) is 5.09. The quantitative estimate of drug-likeness (QED) is 0.546. The Hall–Kier alpha value is -1.07. The molecule has 0 aromatic heterocycles. The first-order chi connectivity index (χ1) is 7.20. The molecule has 0 rings (SSSR count). The maximum Gasteiger partial charge on any atom is 0.318 e. The monoisotopic (exact) mass is 216 g/mol. The molecule has 5 nitrogen and oxygen atoms in total. The average molecular weight is 216 g/mol. The van der Waals surface area contributed by atoms with E-state index in [-0.39, 0.29) is 12.6 Å². The minimum Gasteiger partial charge on any atom is -0.394 e. The highest BCUT2D eigenvalue weighted by molar-refractivity contribution is 5.74. The van der Waals surface area contributed by atoms with Crippen molar-refractivity contribution in [3.8, 4) is 0 Å². The van der Waals surface area contributed by atoms with Crippen LogP contribution < -0.4 is 10.6 Å². The number of hydrogen-bond donors (Lipinski definition) is 3. The summed E-state index contributed by atoms with van der Waals surface area (Å²) >= 11 is 0. The summed E-state index contributed by atoms with van der Waals surface area (Å²) in [6.07, 6.45) is 2.60. The Morgan fingerprint density at radius 3 is 2.80 bits per heavy atom. The molecule has 88 valence electrons. The van der Waals surface area contributed by atoms with Gasteiger partial charge in [-0.15, -0.1) is 0 Å². The van der Waals surface area contributed by atoms with Crippen LogP contribution in [0.4, 0.5) is 4.79 Å². The van der Waals surface area contributed by atoms with Gasteiger partial charge in [0, 0.05) is 12.7 Å². The van der Waals surface area contributed by atoms with Crippen molar-refractivity contribution in [1.82, 2.24) is 10.6 Å². The molecule has 0 aromatic carbocycles. The molecule has 0 unspecified atom stereocenters. The highest BCUT2D eigenvalue weighted by Gasteiger charge is 1.95. The van der Waals surface area contributed by atoms with Crippen molar-refractivity contribution in [2.45, 2.75) is 20.3 Å². The Kier molecular flexibility index (Phi) is 8.81. The molecule has 5 heteroatoms. The fourth-order valence-electron chi connectivity index (χ4n) is 0.745. The topological polar surface area (TPSA) is 70.6 Å². The zero-order valence-electron chi connectivity index (χ0n) is 9.38. The van der Waals surface area contributed by atoms with Crippen LogP contribution in [0.5, 0.6) is 0 Å². The maximum absolute atomic E-state index is 11.1. The third-order valence-corrected chi connectivity index (χ3v) is 1.77. The number of rotatable bonds is 7. The molecular weight excluding hydrogens is 196 g/mol. The van der Waals surface area contributed by atoms with Gasteiger partial charge in [-0.1, -0.05) is 12.5 Å². The minimum atomic E-state index is -0.240. The summed E-state index contributed by atoms with van der Waals surface area (Å²) in [6.45, 7) is 5.12. The predicted octanol–water partition coefficient (Wildman–Crippen LogP) is 0.608. The normalized spacial score (nSPS) is 11.3. The summed E-state index contributed by atoms with van der Waals surface area (Å²) in [5, 5.41) is 13.6. The molecule has 3 N–H and O–H groups in total. The number of amides is 2. The molecule has 2 amide bonds. The maximum atomic E-state index is 11.1. The van der Waals surface area contributed by atoms with Crippen LogP contribution in [-0.4, -0.2) is 37.5 Å². The van der Waals surface area contributed by atoms with Gasteiger partial charge in [-0.2, -0.15) is 0 Å². The fraction of sp³-hybridized carbons (Fsp3) is 0.700. The van der Waals surface area contributed by atoms with E-state index in [1.807, 2.05) is 13.8 Å². The lowest BCUT2D eigenvalue weighted by Gasteiger charge is -2.05. The Morgan fingerprint density at radius 1 is 1.47 bits per heavy atom. The molecule has 15 heavy (non-hydrogen) atoms. The molecule has 0 saturated heterocycles. The van der Waals surface area contributed by atoms with E-state index in [0.29, 0.717) is 19.8 Å². The molecule has 0 bridgehead atoms. The lowest BCUT2D eigenvalue weighted by Crippen LogP contribution is -2.34. The van der Waals surface area contributed by atoms with E-state index in [2.05, 4.69) is 10.6 Å². The van der Waals surface area contributed by atoms with Gasteiger partial charge in [0.2, 0.25) is 0 Å². The van der Waals surface area contributed by atoms with Crippen LogP contribution in [0.25, 0.3) is 0 Å². The second-order valence-electron chi connectivity index (χ2n) is 3.08. The molecule has 0 saturated carbocycles. The predicted molar refractivity (Wildman–Crippen MR) is 58.5 cm³/mol. The van der Waals surface area contributed by atoms with Crippen LogP contribution in [0.1, 0.15) is 20.3 Å². The number of urea groups is 1. The third-order valence-electron chi connectivity index (χ3n) is 1.77. The van der Waals surface area contributed by atoms with E-state index in [1.54, 1.807) is 6.20 Å². The summed E-state index contributed by atoms with van der Waals surface area (Å²) in [7, 11) is 0. The van der Waals surface area contributed by atoms with Gasteiger partial charge >= 0.3 is 6.03 Å². The number of nitrogens with one attached hydrogen (secondary N) is 2. The molecular formula is C10H20N2O3. The standard InChI is InChI=1S/C10H20N2O3/c1-3-9(2)8-12-10(14)11-4-6-15-7-5-13/h8,13H,3-7H2,1-2H3,(H2,11,12,14)/b9-8+. The van der Waals surface area contributed by atoms with E-state index < -0.39 is 0 Å². The second-order valence-corrected chi connectivity index (χ2v) is 3.08. The summed E-state index contributed by atoms with van der Waals surface area (Å²) in [4.78, 5) is 11.1. The summed E-state index contributed by atoms with van der Waals surface area (Å²) in [5.74, 6) is 0. The number of aliphatic hydroxyl groups excluding tert-OH is 1. The van der Waals surface area contributed by atoms with Crippen molar-refractivity contribution in [1.29, 1.82) is 0 Å². The molecule has 0 radical (unpaired) electrons. The fourth-order valence-corrected chi connectivity index (χ4v) is 0.745. The van der Waals surface area contributed by atoms with Crippen molar-refractivity contribution >= 4 is 6.03 Å². The van der Waals surface area contributed by atoms with E-state index in [4.69, 9.17) is 9.84 Å². The van der Waals surface area contributed by atoms with Crippen LogP contribution in [0.3, 0.4) is 0 Å². The minimum absolute atomic E-state index is 0.00459. The average Bonchev–Trinajstić information content (AvgIpc) is 2.25. The van der Waals surface area contributed by atoms with E-state index in [9.17, 15) is 4.79 Å². The van der Waals surface area contributed by atoms with Crippen molar-refractivity contribution in [3.63, 3.8) is 0 Å². The van der Waals surface area contributed by atoms with Crippen molar-refractivity contribution in [2.75, 3.05) is 26.4 Å². The number of ether oxygens (including phenoxy) is 1. The Balaban J connectivity index is 3.41. The van der Waals surface area contributed by atoms with E-state index in [1.165, 1.54) is 0 Å². The Labute approximate surface area is 90.5 Å². The van der Waals surface area contributed by atoms with Crippen LogP contribution in [0.15, 0.2) is 11.8 Å². The van der Waals surface area contributed by atoms with Gasteiger partial charge in [0.05, 0.1) is 19.8 Å². The van der Waals surface area contributed by atoms with Crippen LogP contribution >= 0.6 is 0 Å². The molecule has 0 fully saturated rings. The van der Waals surface area contributed by atoms with Gasteiger partial charge in [-0.25, -0.2) is 4.79 Å². The van der Waals surface area contributed by atoms with Crippen LogP contribution in [0, 0.1) is 0 Å². The molecule has 0 spiro atoms. The molecule has 0 aliphatic carbocycles. The lowest BCUT2D eigenvalue weighted by atomic mass is 10.3. The van der Waals surface area contributed by atoms with Crippen molar-refractivity contribution in [3.05, 3.63) is 11.8 Å². The molecule has 0 aromatic rings. The molecule has 0 heterocycles. The van der Waals surface area contributed by atoms with E-state index >= 15 is 0 Å². The van der Waals surface area contributed by atoms with Gasteiger partial charge < -0.3 is 20.5 Å². The lowest BCUT2D eigenvalue weighted by molar-refractivity contribution is 0.0948.